The van der Waals surface area contributed by atoms with Gasteiger partial charge in [-0.3, -0.25) is 4.79 Å². The maximum Gasteiger partial charge on any atom is 0.336 e. The molecule has 5 N–H and O–H groups in total. The Labute approximate surface area is 137 Å². The van der Waals surface area contributed by atoms with Gasteiger partial charge in [0.1, 0.15) is 0 Å². The Bertz CT molecular complexity index is 771. The smallest absolute Gasteiger partial charge is 0.336 e. The van der Waals surface area contributed by atoms with E-state index < -0.39 is 23.9 Å². The first-order chi connectivity index (χ1) is 11.4. The molecule has 0 aliphatic heterocycles. The maximum absolute atomic E-state index is 12.4. The highest BCUT2D eigenvalue weighted by Gasteiger charge is 2.19. The Morgan fingerprint density at radius 1 is 0.917 bits per heavy atom. The van der Waals surface area contributed by atoms with E-state index in [4.69, 9.17) is 15.9 Å². The quantitative estimate of drug-likeness (QED) is 0.636. The predicted molar refractivity (Wildman–Crippen MR) is 86.1 cm³/mol. The van der Waals surface area contributed by atoms with E-state index in [9.17, 15) is 14.4 Å². The number of benzene rings is 2. The molecule has 0 radical (unpaired) electrons. The Balaban J connectivity index is 2.22. The number of carboxylic acids is 2. The lowest BCUT2D eigenvalue weighted by Gasteiger charge is -2.18. The Kier molecular flexibility index (Phi) is 5.28. The molecule has 1 unspecified atom stereocenters. The third kappa shape index (κ3) is 3.76. The molecule has 0 spiro atoms. The summed E-state index contributed by atoms with van der Waals surface area (Å²) < 4.78 is 0. The molecule has 1 amide bonds. The van der Waals surface area contributed by atoms with Crippen molar-refractivity contribution >= 4 is 17.8 Å². The van der Waals surface area contributed by atoms with E-state index in [1.807, 2.05) is 0 Å². The van der Waals surface area contributed by atoms with Crippen molar-refractivity contribution < 1.29 is 24.6 Å². The van der Waals surface area contributed by atoms with Gasteiger partial charge < -0.3 is 21.3 Å². The Hall–Kier alpha value is -3.19. The van der Waals surface area contributed by atoms with Crippen molar-refractivity contribution in [1.29, 1.82) is 0 Å². The summed E-state index contributed by atoms with van der Waals surface area (Å²) in [6, 6.07) is 11.2. The van der Waals surface area contributed by atoms with E-state index in [0.29, 0.717) is 5.56 Å². The number of amides is 1. The molecule has 2 aromatic carbocycles. The van der Waals surface area contributed by atoms with Crippen LogP contribution >= 0.6 is 0 Å². The van der Waals surface area contributed by atoms with E-state index in [1.54, 1.807) is 18.2 Å². The summed E-state index contributed by atoms with van der Waals surface area (Å²) in [7, 11) is 0. The van der Waals surface area contributed by atoms with Crippen LogP contribution in [0.25, 0.3) is 0 Å². The lowest BCUT2D eigenvalue weighted by molar-refractivity contribution is 0.0684. The van der Waals surface area contributed by atoms with Crippen LogP contribution in [0.3, 0.4) is 0 Å². The molecule has 0 saturated heterocycles. The first-order valence-corrected chi connectivity index (χ1v) is 7.10. The van der Waals surface area contributed by atoms with Crippen LogP contribution < -0.4 is 11.1 Å². The molecule has 0 heterocycles. The minimum absolute atomic E-state index is 0.0330. The molecule has 0 aliphatic carbocycles. The molecule has 2 aromatic rings. The largest absolute Gasteiger partial charge is 0.478 e. The zero-order valence-electron chi connectivity index (χ0n) is 12.6. The number of carbonyl (C=O) groups is 3. The van der Waals surface area contributed by atoms with Crippen LogP contribution in [-0.4, -0.2) is 34.6 Å². The highest BCUT2D eigenvalue weighted by molar-refractivity contribution is 6.04. The number of rotatable bonds is 6. The van der Waals surface area contributed by atoms with E-state index in [1.165, 1.54) is 30.3 Å². The van der Waals surface area contributed by atoms with Gasteiger partial charge in [0, 0.05) is 6.54 Å². The van der Waals surface area contributed by atoms with Crippen LogP contribution in [0.2, 0.25) is 0 Å². The minimum Gasteiger partial charge on any atom is -0.478 e. The van der Waals surface area contributed by atoms with Gasteiger partial charge in [-0.1, -0.05) is 24.3 Å². The van der Waals surface area contributed by atoms with Crippen LogP contribution in [0.5, 0.6) is 0 Å². The first kappa shape index (κ1) is 17.2. The van der Waals surface area contributed by atoms with Crippen LogP contribution in [0, 0.1) is 0 Å². The van der Waals surface area contributed by atoms with Crippen molar-refractivity contribution in [3.63, 3.8) is 0 Å². The van der Waals surface area contributed by atoms with Gasteiger partial charge in [-0.2, -0.15) is 0 Å². The second-order valence-electron chi connectivity index (χ2n) is 5.04. The molecule has 0 aromatic heterocycles. The van der Waals surface area contributed by atoms with Crippen molar-refractivity contribution in [3.05, 3.63) is 70.8 Å². The maximum atomic E-state index is 12.4. The third-order valence-electron chi connectivity index (χ3n) is 3.50. The van der Waals surface area contributed by atoms with Crippen molar-refractivity contribution in [2.75, 3.05) is 6.54 Å². The van der Waals surface area contributed by atoms with Gasteiger partial charge in [0.05, 0.1) is 22.7 Å². The van der Waals surface area contributed by atoms with Gasteiger partial charge in [0.15, 0.2) is 0 Å². The Morgan fingerprint density at radius 2 is 1.50 bits per heavy atom. The number of aromatic carboxylic acids is 2. The van der Waals surface area contributed by atoms with Gasteiger partial charge in [0.25, 0.3) is 5.91 Å². The summed E-state index contributed by atoms with van der Waals surface area (Å²) in [6.07, 6.45) is 0. The average Bonchev–Trinajstić information content (AvgIpc) is 2.59. The highest BCUT2D eigenvalue weighted by Crippen LogP contribution is 2.16. The summed E-state index contributed by atoms with van der Waals surface area (Å²) >= 11 is 0. The average molecular weight is 328 g/mol. The minimum atomic E-state index is -1.20. The number of carbonyl (C=O) groups excluding carboxylic acids is 1. The number of hydrogen-bond donors (Lipinski definition) is 4. The number of nitrogens with two attached hydrogens (primary N) is 1. The molecule has 24 heavy (non-hydrogen) atoms. The van der Waals surface area contributed by atoms with Gasteiger partial charge in [-0.05, 0) is 29.8 Å². The third-order valence-corrected chi connectivity index (χ3v) is 3.50. The van der Waals surface area contributed by atoms with Gasteiger partial charge >= 0.3 is 11.9 Å². The lowest BCUT2D eigenvalue weighted by atomic mass is 10.0. The van der Waals surface area contributed by atoms with Gasteiger partial charge in [-0.15, -0.1) is 0 Å². The fourth-order valence-electron chi connectivity index (χ4n) is 2.24. The van der Waals surface area contributed by atoms with Crippen LogP contribution in [0.15, 0.2) is 48.5 Å². The fourth-order valence-corrected chi connectivity index (χ4v) is 2.24. The second kappa shape index (κ2) is 7.38. The summed E-state index contributed by atoms with van der Waals surface area (Å²) in [5.41, 5.74) is 6.36. The topological polar surface area (TPSA) is 130 Å². The zero-order chi connectivity index (χ0) is 17.7. The second-order valence-corrected chi connectivity index (χ2v) is 5.04. The molecule has 1 atom stereocenters. The summed E-state index contributed by atoms with van der Waals surface area (Å²) in [5.74, 6) is -2.81. The van der Waals surface area contributed by atoms with Gasteiger partial charge in [-0.25, -0.2) is 9.59 Å². The molecular weight excluding hydrogens is 312 g/mol. The molecule has 0 aliphatic rings. The van der Waals surface area contributed by atoms with Crippen molar-refractivity contribution in [2.24, 2.45) is 5.73 Å². The van der Waals surface area contributed by atoms with Crippen LogP contribution in [0.1, 0.15) is 42.7 Å². The molecule has 2 rings (SSSR count). The van der Waals surface area contributed by atoms with E-state index in [-0.39, 0.29) is 23.2 Å². The normalized spacial score (nSPS) is 11.5. The molecule has 7 nitrogen and oxygen atoms in total. The van der Waals surface area contributed by atoms with Crippen LogP contribution in [0.4, 0.5) is 0 Å². The van der Waals surface area contributed by atoms with Crippen molar-refractivity contribution in [1.82, 2.24) is 5.32 Å². The first-order valence-electron chi connectivity index (χ1n) is 7.10. The van der Waals surface area contributed by atoms with Gasteiger partial charge in [0.2, 0.25) is 0 Å². The van der Waals surface area contributed by atoms with Crippen molar-refractivity contribution in [2.45, 2.75) is 6.04 Å². The fraction of sp³-hybridized carbons (Fsp3) is 0.118. The monoisotopic (exact) mass is 328 g/mol. The molecule has 124 valence electrons. The molecular formula is C17H16N2O5. The molecule has 0 fully saturated rings. The van der Waals surface area contributed by atoms with Crippen molar-refractivity contribution in [3.8, 4) is 0 Å². The molecule has 0 bridgehead atoms. The standard InChI is InChI=1S/C17H16N2O5/c18-9-14(10-5-7-11(8-6-10)16(21)22)19-15(20)12-3-1-2-4-13(12)17(23)24/h1-8,14H,9,18H2,(H,19,20)(H,21,22)(H,23,24). The SMILES string of the molecule is NCC(NC(=O)c1ccccc1C(=O)O)c1ccc(C(=O)O)cc1. The lowest BCUT2D eigenvalue weighted by Crippen LogP contribution is -2.34. The zero-order valence-corrected chi connectivity index (χ0v) is 12.6. The summed E-state index contributed by atoms with van der Waals surface area (Å²) in [6.45, 7) is 0.0768. The number of nitrogens with one attached hydrogen (secondary N) is 1. The predicted octanol–water partition coefficient (Wildman–Crippen LogP) is 1.51. The van der Waals surface area contributed by atoms with E-state index in [2.05, 4.69) is 5.32 Å². The highest BCUT2D eigenvalue weighted by atomic mass is 16.4. The Morgan fingerprint density at radius 3 is 2.00 bits per heavy atom. The summed E-state index contributed by atoms with van der Waals surface area (Å²) in [5, 5.41) is 20.7. The number of carboxylic acid groups (broad SMARTS) is 2. The number of hydrogen-bond acceptors (Lipinski definition) is 4. The van der Waals surface area contributed by atoms with E-state index in [0.717, 1.165) is 0 Å². The van der Waals surface area contributed by atoms with E-state index >= 15 is 0 Å². The summed E-state index contributed by atoms with van der Waals surface area (Å²) in [4.78, 5) is 34.4. The molecule has 7 heteroatoms. The molecule has 0 saturated carbocycles. The van der Waals surface area contributed by atoms with Crippen LogP contribution in [-0.2, 0) is 0 Å².